The Bertz CT molecular complexity index is 985. The highest BCUT2D eigenvalue weighted by atomic mass is 16.2. The van der Waals surface area contributed by atoms with Crippen LogP contribution in [0, 0.1) is 0 Å². The summed E-state index contributed by atoms with van der Waals surface area (Å²) in [7, 11) is 0. The summed E-state index contributed by atoms with van der Waals surface area (Å²) in [4.78, 5) is 35.9. The number of pyridine rings is 2. The van der Waals surface area contributed by atoms with Crippen molar-refractivity contribution < 1.29 is 9.59 Å². The van der Waals surface area contributed by atoms with Crippen molar-refractivity contribution in [3.05, 3.63) is 72.2 Å². The SMILES string of the molecule is O=C(NCc1cccc2cccnc12)C1CCCCN1C(=O)c1cccnc1. The molecule has 3 aromatic rings. The van der Waals surface area contributed by atoms with Crippen LogP contribution in [0.4, 0.5) is 0 Å². The third-order valence-corrected chi connectivity index (χ3v) is 5.14. The van der Waals surface area contributed by atoms with Crippen LogP contribution in [-0.2, 0) is 11.3 Å². The third-order valence-electron chi connectivity index (χ3n) is 5.14. The Labute approximate surface area is 163 Å². The molecule has 1 atom stereocenters. The minimum atomic E-state index is -0.454. The van der Waals surface area contributed by atoms with Crippen LogP contribution >= 0.6 is 0 Å². The lowest BCUT2D eigenvalue weighted by molar-refractivity contribution is -0.126. The highest BCUT2D eigenvalue weighted by Crippen LogP contribution is 2.21. The number of likely N-dealkylation sites (tertiary alicyclic amines) is 1. The van der Waals surface area contributed by atoms with Crippen molar-refractivity contribution in [1.82, 2.24) is 20.2 Å². The molecular weight excluding hydrogens is 352 g/mol. The zero-order valence-electron chi connectivity index (χ0n) is 15.5. The number of hydrogen-bond donors (Lipinski definition) is 1. The van der Waals surface area contributed by atoms with Gasteiger partial charge in [-0.25, -0.2) is 0 Å². The molecule has 3 heterocycles. The molecule has 142 valence electrons. The maximum atomic E-state index is 12.9. The Kier molecular flexibility index (Phi) is 5.28. The van der Waals surface area contributed by atoms with Gasteiger partial charge in [0, 0.05) is 37.1 Å². The average Bonchev–Trinajstić information content (AvgIpc) is 2.77. The Morgan fingerprint density at radius 3 is 2.79 bits per heavy atom. The van der Waals surface area contributed by atoms with E-state index in [1.165, 1.54) is 0 Å². The number of hydrogen-bond acceptors (Lipinski definition) is 4. The molecule has 28 heavy (non-hydrogen) atoms. The lowest BCUT2D eigenvalue weighted by atomic mass is 10.00. The first-order valence-corrected chi connectivity index (χ1v) is 9.55. The highest BCUT2D eigenvalue weighted by molar-refractivity contribution is 5.97. The molecule has 1 saturated heterocycles. The Morgan fingerprint density at radius 2 is 1.93 bits per heavy atom. The Balaban J connectivity index is 1.49. The van der Waals surface area contributed by atoms with Gasteiger partial charge in [0.05, 0.1) is 11.1 Å². The molecule has 1 aromatic carbocycles. The molecule has 1 fully saturated rings. The third kappa shape index (κ3) is 3.71. The summed E-state index contributed by atoms with van der Waals surface area (Å²) in [5.74, 6) is -0.260. The van der Waals surface area contributed by atoms with Crippen LogP contribution in [0.25, 0.3) is 10.9 Å². The number of rotatable bonds is 4. The minimum absolute atomic E-state index is 0.120. The standard InChI is InChI=1S/C22H22N4O2/c27-21(25-15-17-7-3-6-16-8-5-12-24-20(16)17)19-10-1-2-13-26(19)22(28)18-9-4-11-23-14-18/h3-9,11-12,14,19H,1-2,10,13,15H2,(H,25,27). The van der Waals surface area contributed by atoms with E-state index < -0.39 is 6.04 Å². The average molecular weight is 374 g/mol. The molecular formula is C22H22N4O2. The number of piperidine rings is 1. The van der Waals surface area contributed by atoms with Crippen LogP contribution in [0.2, 0.25) is 0 Å². The van der Waals surface area contributed by atoms with Gasteiger partial charge < -0.3 is 10.2 Å². The predicted octanol–water partition coefficient (Wildman–Crippen LogP) is 2.94. The van der Waals surface area contributed by atoms with Gasteiger partial charge in [0.1, 0.15) is 6.04 Å². The van der Waals surface area contributed by atoms with Gasteiger partial charge >= 0.3 is 0 Å². The van der Waals surface area contributed by atoms with Crippen LogP contribution in [0.3, 0.4) is 0 Å². The van der Waals surface area contributed by atoms with E-state index in [9.17, 15) is 9.59 Å². The van der Waals surface area contributed by atoms with Crippen molar-refractivity contribution in [3.63, 3.8) is 0 Å². The molecule has 6 heteroatoms. The van der Waals surface area contributed by atoms with Gasteiger partial charge in [-0.05, 0) is 43.0 Å². The van der Waals surface area contributed by atoms with Crippen molar-refractivity contribution >= 4 is 22.7 Å². The largest absolute Gasteiger partial charge is 0.350 e. The van der Waals surface area contributed by atoms with Gasteiger partial charge in [0.15, 0.2) is 0 Å². The van der Waals surface area contributed by atoms with Crippen LogP contribution < -0.4 is 5.32 Å². The van der Waals surface area contributed by atoms with Crippen molar-refractivity contribution in [3.8, 4) is 0 Å². The molecule has 0 radical (unpaired) electrons. The second-order valence-electron chi connectivity index (χ2n) is 6.96. The van der Waals surface area contributed by atoms with Crippen molar-refractivity contribution in [1.29, 1.82) is 0 Å². The van der Waals surface area contributed by atoms with Gasteiger partial charge in [-0.2, -0.15) is 0 Å². The maximum Gasteiger partial charge on any atom is 0.256 e. The van der Waals surface area contributed by atoms with Crippen LogP contribution in [-0.4, -0.2) is 39.3 Å². The summed E-state index contributed by atoms with van der Waals surface area (Å²) in [6.07, 6.45) is 7.45. The number of nitrogens with zero attached hydrogens (tertiary/aromatic N) is 3. The highest BCUT2D eigenvalue weighted by Gasteiger charge is 2.32. The van der Waals surface area contributed by atoms with Crippen molar-refractivity contribution in [2.24, 2.45) is 0 Å². The van der Waals surface area contributed by atoms with E-state index in [1.807, 2.05) is 30.3 Å². The number of amides is 2. The quantitative estimate of drug-likeness (QED) is 0.762. The number of fused-ring (bicyclic) bond motifs is 1. The summed E-state index contributed by atoms with van der Waals surface area (Å²) in [5, 5.41) is 4.05. The van der Waals surface area contributed by atoms with E-state index in [1.54, 1.807) is 35.6 Å². The van der Waals surface area contributed by atoms with E-state index in [0.29, 0.717) is 25.1 Å². The van der Waals surface area contributed by atoms with Gasteiger partial charge in [-0.15, -0.1) is 0 Å². The normalized spacial score (nSPS) is 16.7. The summed E-state index contributed by atoms with van der Waals surface area (Å²) in [5.41, 5.74) is 2.37. The number of para-hydroxylation sites is 1. The molecule has 6 nitrogen and oxygen atoms in total. The number of benzene rings is 1. The second-order valence-corrected chi connectivity index (χ2v) is 6.96. The summed E-state index contributed by atoms with van der Waals surface area (Å²) in [6.45, 7) is 0.972. The lowest BCUT2D eigenvalue weighted by Crippen LogP contribution is -2.51. The van der Waals surface area contributed by atoms with Gasteiger partial charge in [-0.3, -0.25) is 19.6 Å². The molecule has 2 amide bonds. The molecule has 0 bridgehead atoms. The molecule has 1 N–H and O–H groups in total. The molecule has 0 saturated carbocycles. The fourth-order valence-electron chi connectivity index (χ4n) is 3.71. The lowest BCUT2D eigenvalue weighted by Gasteiger charge is -2.34. The fraction of sp³-hybridized carbons (Fsp3) is 0.273. The zero-order valence-corrected chi connectivity index (χ0v) is 15.5. The number of nitrogens with one attached hydrogen (secondary N) is 1. The summed E-state index contributed by atoms with van der Waals surface area (Å²) in [6, 6.07) is 12.9. The van der Waals surface area contributed by atoms with E-state index >= 15 is 0 Å². The van der Waals surface area contributed by atoms with Crippen LogP contribution in [0.5, 0.6) is 0 Å². The molecule has 1 aliphatic rings. The summed E-state index contributed by atoms with van der Waals surface area (Å²) < 4.78 is 0. The predicted molar refractivity (Wildman–Crippen MR) is 107 cm³/mol. The van der Waals surface area contributed by atoms with E-state index in [0.717, 1.165) is 29.3 Å². The zero-order chi connectivity index (χ0) is 19.3. The van der Waals surface area contributed by atoms with E-state index in [-0.39, 0.29) is 11.8 Å². The first-order valence-electron chi connectivity index (χ1n) is 9.55. The Morgan fingerprint density at radius 1 is 1.07 bits per heavy atom. The smallest absolute Gasteiger partial charge is 0.256 e. The molecule has 0 spiro atoms. The van der Waals surface area contributed by atoms with Crippen molar-refractivity contribution in [2.45, 2.75) is 31.8 Å². The number of carbonyl (C=O) groups excluding carboxylic acids is 2. The topological polar surface area (TPSA) is 75.2 Å². The van der Waals surface area contributed by atoms with Crippen molar-refractivity contribution in [2.75, 3.05) is 6.54 Å². The molecule has 1 unspecified atom stereocenters. The molecule has 4 rings (SSSR count). The fourth-order valence-corrected chi connectivity index (χ4v) is 3.71. The maximum absolute atomic E-state index is 12.9. The van der Waals surface area contributed by atoms with Crippen LogP contribution in [0.1, 0.15) is 35.2 Å². The number of aromatic nitrogens is 2. The summed E-state index contributed by atoms with van der Waals surface area (Å²) >= 11 is 0. The first-order chi connectivity index (χ1) is 13.7. The first kappa shape index (κ1) is 18.1. The Hall–Kier alpha value is -3.28. The van der Waals surface area contributed by atoms with E-state index in [4.69, 9.17) is 0 Å². The minimum Gasteiger partial charge on any atom is -0.350 e. The number of carbonyl (C=O) groups is 2. The second kappa shape index (κ2) is 8.17. The van der Waals surface area contributed by atoms with Gasteiger partial charge in [0.2, 0.25) is 5.91 Å². The van der Waals surface area contributed by atoms with Crippen LogP contribution in [0.15, 0.2) is 61.1 Å². The monoisotopic (exact) mass is 374 g/mol. The van der Waals surface area contributed by atoms with Gasteiger partial charge in [-0.1, -0.05) is 24.3 Å². The molecule has 0 aliphatic carbocycles. The molecule has 2 aromatic heterocycles. The molecule has 1 aliphatic heterocycles. The van der Waals surface area contributed by atoms with E-state index in [2.05, 4.69) is 15.3 Å². The van der Waals surface area contributed by atoms with Gasteiger partial charge in [0.25, 0.3) is 5.91 Å².